The minimum atomic E-state index is -0.496. The smallest absolute Gasteiger partial charge is 0.273 e. The molecule has 0 bridgehead atoms. The summed E-state index contributed by atoms with van der Waals surface area (Å²) >= 11 is 6.05. The Hall–Kier alpha value is -1.76. The van der Waals surface area contributed by atoms with E-state index in [-0.39, 0.29) is 17.2 Å². The fraction of sp³-hybridized carbons (Fsp3) is 0.375. The first kappa shape index (κ1) is 16.1. The molecular weight excluding hydrogens is 323 g/mol. The number of morpholine rings is 1. The van der Waals surface area contributed by atoms with Crippen LogP contribution in [-0.2, 0) is 14.3 Å². The highest BCUT2D eigenvalue weighted by Crippen LogP contribution is 2.31. The maximum absolute atomic E-state index is 13.0. The van der Waals surface area contributed by atoms with Crippen molar-refractivity contribution >= 4 is 29.0 Å². The number of hydrogen-bond donors (Lipinski definition) is 0. The summed E-state index contributed by atoms with van der Waals surface area (Å²) in [5, 5.41) is -0.108. The molecule has 122 valence electrons. The second-order valence-electron chi connectivity index (χ2n) is 5.41. The van der Waals surface area contributed by atoms with E-state index in [4.69, 9.17) is 16.3 Å². The van der Waals surface area contributed by atoms with E-state index in [1.54, 1.807) is 0 Å². The first-order valence-electron chi connectivity index (χ1n) is 7.40. The second kappa shape index (κ2) is 6.78. The number of hydrogen-bond acceptors (Lipinski definition) is 4. The van der Waals surface area contributed by atoms with Crippen LogP contribution in [0.25, 0.3) is 5.57 Å². The maximum atomic E-state index is 13.0. The molecule has 1 aromatic rings. The summed E-state index contributed by atoms with van der Waals surface area (Å²) in [6.45, 7) is 3.73. The molecule has 0 radical (unpaired) electrons. The van der Waals surface area contributed by atoms with E-state index in [1.165, 1.54) is 24.3 Å². The van der Waals surface area contributed by atoms with Crippen molar-refractivity contribution < 1.29 is 18.7 Å². The summed E-state index contributed by atoms with van der Waals surface area (Å²) in [6, 6.07) is 5.37. The average Bonchev–Trinajstić information content (AvgIpc) is 2.78. The van der Waals surface area contributed by atoms with Crippen molar-refractivity contribution in [1.29, 1.82) is 0 Å². The van der Waals surface area contributed by atoms with Gasteiger partial charge >= 0.3 is 0 Å². The zero-order valence-electron chi connectivity index (χ0n) is 12.4. The molecule has 2 heterocycles. The maximum Gasteiger partial charge on any atom is 0.273 e. The molecule has 3 rings (SSSR count). The van der Waals surface area contributed by atoms with E-state index in [0.717, 1.165) is 18.0 Å². The van der Waals surface area contributed by atoms with Gasteiger partial charge in [0.05, 0.1) is 18.8 Å². The molecule has 1 saturated heterocycles. The van der Waals surface area contributed by atoms with E-state index in [9.17, 15) is 14.0 Å². The largest absolute Gasteiger partial charge is 0.379 e. The average molecular weight is 339 g/mol. The Morgan fingerprint density at radius 1 is 1.04 bits per heavy atom. The van der Waals surface area contributed by atoms with Crippen LogP contribution in [0.5, 0.6) is 0 Å². The van der Waals surface area contributed by atoms with Crippen LogP contribution in [-0.4, -0.2) is 61.0 Å². The highest BCUT2D eigenvalue weighted by molar-refractivity contribution is 6.55. The highest BCUT2D eigenvalue weighted by Gasteiger charge is 2.38. The quantitative estimate of drug-likeness (QED) is 0.780. The van der Waals surface area contributed by atoms with Crippen molar-refractivity contribution in [3.63, 3.8) is 0 Å². The molecule has 0 atom stereocenters. The van der Waals surface area contributed by atoms with Gasteiger partial charge in [-0.25, -0.2) is 4.39 Å². The number of halogens is 2. The third-order valence-electron chi connectivity index (χ3n) is 3.99. The van der Waals surface area contributed by atoms with E-state index in [1.807, 2.05) is 0 Å². The molecule has 1 fully saturated rings. The van der Waals surface area contributed by atoms with Gasteiger partial charge < -0.3 is 4.74 Å². The van der Waals surface area contributed by atoms with Gasteiger partial charge in [-0.3, -0.25) is 19.4 Å². The zero-order chi connectivity index (χ0) is 16.4. The van der Waals surface area contributed by atoms with Crippen LogP contribution in [0.15, 0.2) is 29.3 Å². The molecule has 1 aromatic carbocycles. The van der Waals surface area contributed by atoms with Crippen LogP contribution >= 0.6 is 11.6 Å². The molecule has 2 aliphatic heterocycles. The number of carbonyl (C=O) groups excluding carboxylic acids is 2. The first-order chi connectivity index (χ1) is 11.1. The number of carbonyl (C=O) groups is 2. The van der Waals surface area contributed by atoms with Crippen LogP contribution < -0.4 is 0 Å². The fourth-order valence-corrected chi connectivity index (χ4v) is 2.97. The first-order valence-corrected chi connectivity index (χ1v) is 7.78. The van der Waals surface area contributed by atoms with Crippen LogP contribution in [0.3, 0.4) is 0 Å². The lowest BCUT2D eigenvalue weighted by molar-refractivity contribution is -0.136. The van der Waals surface area contributed by atoms with Crippen LogP contribution in [0, 0.1) is 5.82 Å². The van der Waals surface area contributed by atoms with E-state index in [0.29, 0.717) is 25.3 Å². The van der Waals surface area contributed by atoms with E-state index in [2.05, 4.69) is 4.90 Å². The molecule has 5 nitrogen and oxygen atoms in total. The summed E-state index contributed by atoms with van der Waals surface area (Å²) in [5.41, 5.74) is 0.585. The molecule has 2 amide bonds. The van der Waals surface area contributed by atoms with Crippen LogP contribution in [0.4, 0.5) is 4.39 Å². The van der Waals surface area contributed by atoms with Gasteiger partial charge in [0.15, 0.2) is 0 Å². The molecule has 0 aliphatic carbocycles. The molecular formula is C16H16ClFN2O3. The fourth-order valence-electron chi connectivity index (χ4n) is 2.68. The third kappa shape index (κ3) is 3.29. The lowest BCUT2D eigenvalue weighted by Crippen LogP contribution is -2.43. The Bertz CT molecular complexity index is 654. The Morgan fingerprint density at radius 3 is 2.35 bits per heavy atom. The molecule has 23 heavy (non-hydrogen) atoms. The van der Waals surface area contributed by atoms with Gasteiger partial charge in [0.2, 0.25) is 0 Å². The number of rotatable bonds is 4. The van der Waals surface area contributed by atoms with Crippen molar-refractivity contribution in [2.45, 2.75) is 0 Å². The summed E-state index contributed by atoms with van der Waals surface area (Å²) in [6.07, 6.45) is 0. The van der Waals surface area contributed by atoms with Gasteiger partial charge in [-0.1, -0.05) is 23.7 Å². The van der Waals surface area contributed by atoms with Gasteiger partial charge in [-0.15, -0.1) is 0 Å². The summed E-state index contributed by atoms with van der Waals surface area (Å²) in [7, 11) is 0. The van der Waals surface area contributed by atoms with E-state index >= 15 is 0 Å². The number of nitrogens with zero attached hydrogens (tertiary/aromatic N) is 2. The van der Waals surface area contributed by atoms with Crippen LogP contribution in [0.2, 0.25) is 0 Å². The lowest BCUT2D eigenvalue weighted by Gasteiger charge is -2.28. The Kier molecular flexibility index (Phi) is 4.75. The minimum absolute atomic E-state index is 0.108. The number of imide groups is 1. The van der Waals surface area contributed by atoms with Gasteiger partial charge in [0.1, 0.15) is 10.8 Å². The number of amides is 2. The Balaban J connectivity index is 1.72. The molecule has 7 heteroatoms. The zero-order valence-corrected chi connectivity index (χ0v) is 13.2. The second-order valence-corrected chi connectivity index (χ2v) is 5.79. The van der Waals surface area contributed by atoms with Gasteiger partial charge in [0, 0.05) is 26.2 Å². The van der Waals surface area contributed by atoms with E-state index < -0.39 is 17.6 Å². The van der Waals surface area contributed by atoms with Crippen molar-refractivity contribution in [2.24, 2.45) is 0 Å². The lowest BCUT2D eigenvalue weighted by atomic mass is 10.1. The summed E-state index contributed by atoms with van der Waals surface area (Å²) in [5.74, 6) is -1.34. The summed E-state index contributed by atoms with van der Waals surface area (Å²) in [4.78, 5) is 28.0. The van der Waals surface area contributed by atoms with Crippen molar-refractivity contribution in [3.8, 4) is 0 Å². The van der Waals surface area contributed by atoms with Crippen molar-refractivity contribution in [3.05, 3.63) is 40.7 Å². The number of ether oxygens (including phenoxy) is 1. The molecule has 0 aromatic heterocycles. The molecule has 0 saturated carbocycles. The predicted molar refractivity (Wildman–Crippen MR) is 83.2 cm³/mol. The monoisotopic (exact) mass is 338 g/mol. The third-order valence-corrected chi connectivity index (χ3v) is 4.34. The Labute approximate surface area is 138 Å². The van der Waals surface area contributed by atoms with Crippen molar-refractivity contribution in [2.75, 3.05) is 39.4 Å². The SMILES string of the molecule is O=C1C(Cl)=C(c2ccc(F)cc2)C(=O)N1CCN1CCOCC1. The topological polar surface area (TPSA) is 49.9 Å². The van der Waals surface area contributed by atoms with Crippen molar-refractivity contribution in [1.82, 2.24) is 9.80 Å². The Morgan fingerprint density at radius 2 is 1.70 bits per heavy atom. The van der Waals surface area contributed by atoms with Gasteiger partial charge in [-0.05, 0) is 17.7 Å². The van der Waals surface area contributed by atoms with Gasteiger partial charge in [-0.2, -0.15) is 0 Å². The molecule has 2 aliphatic rings. The van der Waals surface area contributed by atoms with Crippen LogP contribution in [0.1, 0.15) is 5.56 Å². The standard InChI is InChI=1S/C16H16ClFN2O3/c17-14-13(11-1-3-12(18)4-2-11)15(21)20(16(14)22)6-5-19-7-9-23-10-8-19/h1-4H,5-10H2. The normalized spacial score (nSPS) is 19.8. The number of benzene rings is 1. The molecule has 0 N–H and O–H groups in total. The highest BCUT2D eigenvalue weighted by atomic mass is 35.5. The molecule has 0 unspecified atom stereocenters. The van der Waals surface area contributed by atoms with Gasteiger partial charge in [0.25, 0.3) is 11.8 Å². The summed E-state index contributed by atoms with van der Waals surface area (Å²) < 4.78 is 18.3. The predicted octanol–water partition coefficient (Wildman–Crippen LogP) is 1.48. The minimum Gasteiger partial charge on any atom is -0.379 e. The molecule has 0 spiro atoms.